The number of anilines is 1. The van der Waals surface area contributed by atoms with Crippen LogP contribution in [-0.2, 0) is 4.79 Å². The van der Waals surface area contributed by atoms with Gasteiger partial charge in [-0.15, -0.1) is 11.3 Å². The van der Waals surface area contributed by atoms with Crippen molar-refractivity contribution in [2.24, 2.45) is 11.1 Å². The number of nitrogens with one attached hydrogen (secondary N) is 1. The van der Waals surface area contributed by atoms with Gasteiger partial charge >= 0.3 is 0 Å². The van der Waals surface area contributed by atoms with Crippen molar-refractivity contribution >= 4 is 39.1 Å². The van der Waals surface area contributed by atoms with E-state index >= 15 is 0 Å². The van der Waals surface area contributed by atoms with Crippen LogP contribution in [0.4, 0.5) is 5.69 Å². The number of aromatic nitrogens is 1. The standard InChI is InChI=1S/C14H18N4O2S/c1-7-4-5-17-12-8(7)9(15)10(21-12)11(19)18-6-14(2,3)13(16)20/h4-5H,6,15H2,1-3H3,(H2,16,20)(H,18,19). The van der Waals surface area contributed by atoms with Gasteiger partial charge in [0.25, 0.3) is 5.91 Å². The van der Waals surface area contributed by atoms with Crippen molar-refractivity contribution in [2.75, 3.05) is 12.3 Å². The summed E-state index contributed by atoms with van der Waals surface area (Å²) in [6.45, 7) is 5.43. The first-order valence-corrected chi connectivity index (χ1v) is 7.27. The van der Waals surface area contributed by atoms with Gasteiger partial charge in [0.2, 0.25) is 5.91 Å². The number of rotatable bonds is 4. The molecule has 0 radical (unpaired) electrons. The Kier molecular flexibility index (Phi) is 3.87. The second-order valence-electron chi connectivity index (χ2n) is 5.58. The van der Waals surface area contributed by atoms with E-state index in [1.165, 1.54) is 11.3 Å². The molecule has 0 fully saturated rings. The van der Waals surface area contributed by atoms with Gasteiger partial charge in [0.1, 0.15) is 9.71 Å². The van der Waals surface area contributed by atoms with Crippen molar-refractivity contribution in [1.29, 1.82) is 0 Å². The number of fused-ring (bicyclic) bond motifs is 1. The molecule has 2 aromatic heterocycles. The first-order chi connectivity index (χ1) is 9.74. The van der Waals surface area contributed by atoms with Crippen molar-refractivity contribution in [1.82, 2.24) is 10.3 Å². The van der Waals surface area contributed by atoms with Crippen LogP contribution < -0.4 is 16.8 Å². The number of amides is 2. The molecule has 112 valence electrons. The molecule has 0 bridgehead atoms. The Morgan fingerprint density at radius 3 is 2.67 bits per heavy atom. The minimum atomic E-state index is -0.810. The zero-order chi connectivity index (χ0) is 15.8. The number of nitrogen functional groups attached to an aromatic ring is 1. The predicted octanol–water partition coefficient (Wildman–Crippen LogP) is 1.43. The van der Waals surface area contributed by atoms with Crippen molar-refractivity contribution in [2.45, 2.75) is 20.8 Å². The third kappa shape index (κ3) is 2.82. The summed E-state index contributed by atoms with van der Waals surface area (Å²) in [5.41, 5.74) is 11.9. The molecule has 0 aliphatic rings. The van der Waals surface area contributed by atoms with Gasteiger partial charge < -0.3 is 16.8 Å². The lowest BCUT2D eigenvalue weighted by Crippen LogP contribution is -2.42. The van der Waals surface area contributed by atoms with Gasteiger partial charge in [0.15, 0.2) is 0 Å². The third-order valence-corrected chi connectivity index (χ3v) is 4.51. The maximum Gasteiger partial charge on any atom is 0.263 e. The van der Waals surface area contributed by atoms with E-state index in [1.807, 2.05) is 13.0 Å². The fourth-order valence-corrected chi connectivity index (χ4v) is 2.90. The largest absolute Gasteiger partial charge is 0.397 e. The second kappa shape index (κ2) is 5.33. The molecule has 0 saturated carbocycles. The first kappa shape index (κ1) is 15.2. The molecule has 0 atom stereocenters. The lowest BCUT2D eigenvalue weighted by Gasteiger charge is -2.20. The van der Waals surface area contributed by atoms with E-state index in [2.05, 4.69) is 10.3 Å². The summed E-state index contributed by atoms with van der Waals surface area (Å²) in [5, 5.41) is 3.51. The van der Waals surface area contributed by atoms with Crippen LogP contribution in [0, 0.1) is 12.3 Å². The monoisotopic (exact) mass is 306 g/mol. The molecule has 21 heavy (non-hydrogen) atoms. The van der Waals surface area contributed by atoms with E-state index < -0.39 is 11.3 Å². The summed E-state index contributed by atoms with van der Waals surface area (Å²) < 4.78 is 0. The number of pyridine rings is 1. The van der Waals surface area contributed by atoms with Crippen molar-refractivity contribution < 1.29 is 9.59 Å². The molecule has 0 aromatic carbocycles. The highest BCUT2D eigenvalue weighted by molar-refractivity contribution is 7.21. The lowest BCUT2D eigenvalue weighted by molar-refractivity contribution is -0.125. The van der Waals surface area contributed by atoms with Gasteiger partial charge in [-0.2, -0.15) is 0 Å². The fraction of sp³-hybridized carbons (Fsp3) is 0.357. The molecule has 7 heteroatoms. The van der Waals surface area contributed by atoms with Gasteiger partial charge in [-0.3, -0.25) is 9.59 Å². The minimum absolute atomic E-state index is 0.154. The van der Waals surface area contributed by atoms with E-state index in [-0.39, 0.29) is 12.5 Å². The van der Waals surface area contributed by atoms with Gasteiger partial charge in [-0.25, -0.2) is 4.98 Å². The number of carbonyl (C=O) groups excluding carboxylic acids is 2. The van der Waals surface area contributed by atoms with Crippen molar-refractivity contribution in [3.63, 3.8) is 0 Å². The first-order valence-electron chi connectivity index (χ1n) is 6.45. The van der Waals surface area contributed by atoms with E-state index in [0.717, 1.165) is 15.8 Å². The molecule has 5 N–H and O–H groups in total. The topological polar surface area (TPSA) is 111 Å². The highest BCUT2D eigenvalue weighted by Crippen LogP contribution is 2.34. The number of carbonyl (C=O) groups is 2. The van der Waals surface area contributed by atoms with Crippen LogP contribution >= 0.6 is 11.3 Å². The fourth-order valence-electron chi connectivity index (χ4n) is 1.84. The van der Waals surface area contributed by atoms with Crippen LogP contribution in [-0.4, -0.2) is 23.3 Å². The molecule has 2 aromatic rings. The Labute approximate surface area is 126 Å². The van der Waals surface area contributed by atoms with Gasteiger partial charge in [-0.1, -0.05) is 0 Å². The Morgan fingerprint density at radius 2 is 2.10 bits per heavy atom. The Bertz CT molecular complexity index is 721. The summed E-state index contributed by atoms with van der Waals surface area (Å²) in [7, 11) is 0. The maximum absolute atomic E-state index is 12.3. The van der Waals surface area contributed by atoms with E-state index in [4.69, 9.17) is 11.5 Å². The second-order valence-corrected chi connectivity index (χ2v) is 6.58. The summed E-state index contributed by atoms with van der Waals surface area (Å²) in [4.78, 5) is 28.9. The predicted molar refractivity (Wildman–Crippen MR) is 84.1 cm³/mol. The molecule has 2 amide bonds. The highest BCUT2D eigenvalue weighted by atomic mass is 32.1. The summed E-state index contributed by atoms with van der Waals surface area (Å²) in [6.07, 6.45) is 1.69. The van der Waals surface area contributed by atoms with E-state index in [0.29, 0.717) is 10.6 Å². The number of nitrogens with zero attached hydrogens (tertiary/aromatic N) is 1. The lowest BCUT2D eigenvalue weighted by atomic mass is 9.93. The minimum Gasteiger partial charge on any atom is -0.397 e. The molecule has 0 aliphatic carbocycles. The zero-order valence-electron chi connectivity index (χ0n) is 12.2. The molecule has 2 heterocycles. The maximum atomic E-state index is 12.3. The summed E-state index contributed by atoms with van der Waals surface area (Å²) in [5.74, 6) is -0.783. The quantitative estimate of drug-likeness (QED) is 0.793. The number of hydrogen-bond acceptors (Lipinski definition) is 5. The van der Waals surface area contributed by atoms with Crippen LogP contribution in [0.15, 0.2) is 12.3 Å². The SMILES string of the molecule is Cc1ccnc2sc(C(=O)NCC(C)(C)C(N)=O)c(N)c12. The summed E-state index contributed by atoms with van der Waals surface area (Å²) >= 11 is 1.24. The number of aryl methyl sites for hydroxylation is 1. The molecule has 2 rings (SSSR count). The smallest absolute Gasteiger partial charge is 0.263 e. The van der Waals surface area contributed by atoms with Crippen LogP contribution in [0.2, 0.25) is 0 Å². The Morgan fingerprint density at radius 1 is 1.43 bits per heavy atom. The molecular weight excluding hydrogens is 288 g/mol. The Hall–Kier alpha value is -2.15. The number of nitrogens with two attached hydrogens (primary N) is 2. The summed E-state index contributed by atoms with van der Waals surface area (Å²) in [6, 6.07) is 1.85. The van der Waals surface area contributed by atoms with E-state index in [1.54, 1.807) is 20.0 Å². The van der Waals surface area contributed by atoms with Gasteiger partial charge in [-0.05, 0) is 32.4 Å². The molecule has 0 spiro atoms. The van der Waals surface area contributed by atoms with Gasteiger partial charge in [0, 0.05) is 18.1 Å². The van der Waals surface area contributed by atoms with Gasteiger partial charge in [0.05, 0.1) is 11.1 Å². The molecule has 0 saturated heterocycles. The molecule has 6 nitrogen and oxygen atoms in total. The zero-order valence-corrected chi connectivity index (χ0v) is 13.0. The highest BCUT2D eigenvalue weighted by Gasteiger charge is 2.27. The van der Waals surface area contributed by atoms with Crippen molar-refractivity contribution in [3.05, 3.63) is 22.7 Å². The van der Waals surface area contributed by atoms with Crippen LogP contribution in [0.3, 0.4) is 0 Å². The number of primary amides is 1. The van der Waals surface area contributed by atoms with Crippen molar-refractivity contribution in [3.8, 4) is 0 Å². The normalized spacial score (nSPS) is 11.6. The average molecular weight is 306 g/mol. The van der Waals surface area contributed by atoms with E-state index in [9.17, 15) is 9.59 Å². The molecular formula is C14H18N4O2S. The number of hydrogen-bond donors (Lipinski definition) is 3. The third-order valence-electron chi connectivity index (χ3n) is 3.40. The van der Waals surface area contributed by atoms with Crippen LogP contribution in [0.1, 0.15) is 29.1 Å². The molecule has 0 unspecified atom stereocenters. The van der Waals surface area contributed by atoms with Crippen LogP contribution in [0.25, 0.3) is 10.2 Å². The Balaban J connectivity index is 2.27. The molecule has 0 aliphatic heterocycles. The van der Waals surface area contributed by atoms with Crippen LogP contribution in [0.5, 0.6) is 0 Å². The number of thiophene rings is 1. The average Bonchev–Trinajstić information content (AvgIpc) is 2.75.